The maximum Gasteiger partial charge on any atom is 0.180 e. The molecule has 2 aromatic rings. The first-order chi connectivity index (χ1) is 7.84. The fraction of sp³-hybridized carbons (Fsp3) is 0.231. The van der Waals surface area contributed by atoms with Crippen molar-refractivity contribution in [1.82, 2.24) is 0 Å². The Morgan fingerprint density at radius 3 is 1.44 bits per heavy atom. The van der Waals surface area contributed by atoms with Crippen molar-refractivity contribution in [3.63, 3.8) is 0 Å². The third-order valence-corrected chi connectivity index (χ3v) is 2.40. The Hall–Kier alpha value is -1.74. The second kappa shape index (κ2) is 5.37. The van der Waals surface area contributed by atoms with Crippen molar-refractivity contribution in [3.05, 3.63) is 61.2 Å². The van der Waals surface area contributed by atoms with Crippen LogP contribution >= 0.6 is 0 Å². The van der Waals surface area contributed by atoms with E-state index in [9.17, 15) is 5.11 Å². The summed E-state index contributed by atoms with van der Waals surface area (Å²) in [6.45, 7) is 1.23. The maximum absolute atomic E-state index is 9.91. The van der Waals surface area contributed by atoms with Crippen LogP contribution in [0.1, 0.15) is 0 Å². The van der Waals surface area contributed by atoms with E-state index >= 15 is 0 Å². The van der Waals surface area contributed by atoms with E-state index in [2.05, 4.69) is 0 Å². The van der Waals surface area contributed by atoms with Crippen LogP contribution in [-0.4, -0.2) is 11.2 Å². The summed E-state index contributed by atoms with van der Waals surface area (Å²) in [7, 11) is 0. The predicted octanol–water partition coefficient (Wildman–Crippen LogP) is 0.323. The average molecular weight is 216 g/mol. The molecule has 0 unspecified atom stereocenters. The Bertz CT molecular complexity index is 375. The molecule has 0 aliphatic heterocycles. The summed E-state index contributed by atoms with van der Waals surface area (Å²) in [5.41, 5.74) is 0. The Balaban J connectivity index is 1.92. The lowest BCUT2D eigenvalue weighted by molar-refractivity contribution is -0.737. The van der Waals surface area contributed by atoms with Crippen LogP contribution in [0.4, 0.5) is 0 Å². The second-order valence-corrected chi connectivity index (χ2v) is 3.80. The maximum atomic E-state index is 9.91. The number of aromatic nitrogens is 2. The Morgan fingerprint density at radius 2 is 1.06 bits per heavy atom. The van der Waals surface area contributed by atoms with Gasteiger partial charge < -0.3 is 5.11 Å². The van der Waals surface area contributed by atoms with Gasteiger partial charge in [-0.25, -0.2) is 9.13 Å². The van der Waals surface area contributed by atoms with Crippen molar-refractivity contribution >= 4 is 0 Å². The zero-order valence-electron chi connectivity index (χ0n) is 9.11. The zero-order chi connectivity index (χ0) is 11.2. The van der Waals surface area contributed by atoms with Gasteiger partial charge in [0.05, 0.1) is 0 Å². The summed E-state index contributed by atoms with van der Waals surface area (Å²) in [6, 6.07) is 11.8. The van der Waals surface area contributed by atoms with Crippen molar-refractivity contribution < 1.29 is 14.2 Å². The largest absolute Gasteiger partial charge is 0.381 e. The molecule has 0 aliphatic rings. The Morgan fingerprint density at radius 1 is 0.688 bits per heavy atom. The molecule has 2 aromatic heterocycles. The van der Waals surface area contributed by atoms with Crippen LogP contribution in [0, 0.1) is 0 Å². The van der Waals surface area contributed by atoms with E-state index in [0.717, 1.165) is 0 Å². The van der Waals surface area contributed by atoms with Gasteiger partial charge in [0, 0.05) is 24.3 Å². The van der Waals surface area contributed by atoms with Gasteiger partial charge in [-0.15, -0.1) is 0 Å². The topological polar surface area (TPSA) is 28.0 Å². The minimum atomic E-state index is -0.375. The first-order valence-corrected chi connectivity index (χ1v) is 5.41. The van der Waals surface area contributed by atoms with Gasteiger partial charge in [0.2, 0.25) is 0 Å². The minimum Gasteiger partial charge on any atom is -0.381 e. The smallest absolute Gasteiger partial charge is 0.180 e. The highest BCUT2D eigenvalue weighted by molar-refractivity contribution is 4.84. The van der Waals surface area contributed by atoms with Gasteiger partial charge in [-0.3, -0.25) is 0 Å². The number of pyridine rings is 2. The molecular weight excluding hydrogens is 200 g/mol. The highest BCUT2D eigenvalue weighted by Crippen LogP contribution is 1.86. The molecule has 0 saturated carbocycles. The summed E-state index contributed by atoms with van der Waals surface area (Å²) >= 11 is 0. The van der Waals surface area contributed by atoms with Crippen LogP contribution in [0.5, 0.6) is 0 Å². The van der Waals surface area contributed by atoms with Crippen molar-refractivity contribution in [2.75, 3.05) is 0 Å². The van der Waals surface area contributed by atoms with Crippen molar-refractivity contribution in [2.45, 2.75) is 19.2 Å². The molecule has 3 heteroatoms. The van der Waals surface area contributed by atoms with Gasteiger partial charge in [0.25, 0.3) is 0 Å². The molecule has 2 rings (SSSR count). The lowest BCUT2D eigenvalue weighted by Crippen LogP contribution is -2.46. The van der Waals surface area contributed by atoms with Gasteiger partial charge >= 0.3 is 0 Å². The van der Waals surface area contributed by atoms with Gasteiger partial charge in [-0.2, -0.15) is 0 Å². The zero-order valence-corrected chi connectivity index (χ0v) is 9.11. The van der Waals surface area contributed by atoms with Gasteiger partial charge in [-0.05, 0) is 0 Å². The highest BCUT2D eigenvalue weighted by atomic mass is 16.3. The van der Waals surface area contributed by atoms with Crippen molar-refractivity contribution in [2.24, 2.45) is 0 Å². The lowest BCUT2D eigenvalue weighted by atomic mass is 10.3. The first kappa shape index (κ1) is 10.8. The standard InChI is InChI=1S/C13H16N2O/c16-13(11-14-7-3-1-4-8-14)12-15-9-5-2-6-10-15/h1-10,13,16H,11-12H2/q+2. The van der Waals surface area contributed by atoms with Gasteiger partial charge in [0.15, 0.2) is 44.0 Å². The number of aliphatic hydroxyl groups is 1. The van der Waals surface area contributed by atoms with E-state index in [-0.39, 0.29) is 6.10 Å². The van der Waals surface area contributed by atoms with Crippen molar-refractivity contribution in [3.8, 4) is 0 Å². The molecule has 0 aliphatic carbocycles. The quantitative estimate of drug-likeness (QED) is 0.733. The van der Waals surface area contributed by atoms with E-state index < -0.39 is 0 Å². The lowest BCUT2D eigenvalue weighted by Gasteiger charge is -2.03. The van der Waals surface area contributed by atoms with Crippen molar-refractivity contribution in [1.29, 1.82) is 0 Å². The SMILES string of the molecule is OC(C[n+]1ccccc1)C[n+]1ccccc1. The summed E-state index contributed by atoms with van der Waals surface area (Å²) in [6.07, 6.45) is 7.45. The molecule has 0 fully saturated rings. The van der Waals surface area contributed by atoms with Crippen LogP contribution < -0.4 is 9.13 Å². The van der Waals surface area contributed by atoms with Crippen LogP contribution in [0.3, 0.4) is 0 Å². The van der Waals surface area contributed by atoms with E-state index in [1.165, 1.54) is 0 Å². The molecule has 0 aromatic carbocycles. The molecule has 3 nitrogen and oxygen atoms in total. The summed E-state index contributed by atoms with van der Waals surface area (Å²) in [5, 5.41) is 9.91. The molecule has 0 bridgehead atoms. The molecular formula is C13H16N2O+2. The van der Waals surface area contributed by atoms with E-state index in [0.29, 0.717) is 13.1 Å². The van der Waals surface area contributed by atoms with Crippen LogP contribution in [0.2, 0.25) is 0 Å². The number of hydrogen-bond donors (Lipinski definition) is 1. The molecule has 1 N–H and O–H groups in total. The molecule has 0 spiro atoms. The van der Waals surface area contributed by atoms with E-state index in [4.69, 9.17) is 0 Å². The Labute approximate surface area is 95.2 Å². The summed E-state index contributed by atoms with van der Waals surface area (Å²) in [4.78, 5) is 0. The van der Waals surface area contributed by atoms with E-state index in [1.807, 2.05) is 70.3 Å². The fourth-order valence-electron chi connectivity index (χ4n) is 1.66. The fourth-order valence-corrected chi connectivity index (χ4v) is 1.66. The van der Waals surface area contributed by atoms with Crippen LogP contribution in [0.15, 0.2) is 61.2 Å². The number of hydrogen-bond acceptors (Lipinski definition) is 1. The van der Waals surface area contributed by atoms with E-state index in [1.54, 1.807) is 0 Å². The molecule has 0 amide bonds. The predicted molar refractivity (Wildman–Crippen MR) is 59.3 cm³/mol. The molecule has 0 atom stereocenters. The highest BCUT2D eigenvalue weighted by Gasteiger charge is 2.14. The van der Waals surface area contributed by atoms with Crippen LogP contribution in [-0.2, 0) is 13.1 Å². The van der Waals surface area contributed by atoms with Crippen LogP contribution in [0.25, 0.3) is 0 Å². The molecule has 16 heavy (non-hydrogen) atoms. The normalized spacial score (nSPS) is 10.6. The Kier molecular flexibility index (Phi) is 3.62. The monoisotopic (exact) mass is 216 g/mol. The second-order valence-electron chi connectivity index (χ2n) is 3.80. The third kappa shape index (κ3) is 3.14. The minimum absolute atomic E-state index is 0.375. The van der Waals surface area contributed by atoms with Gasteiger partial charge in [0.1, 0.15) is 0 Å². The molecule has 0 saturated heterocycles. The number of nitrogens with zero attached hydrogens (tertiary/aromatic N) is 2. The summed E-state index contributed by atoms with van der Waals surface area (Å²) < 4.78 is 3.96. The number of aliphatic hydroxyl groups excluding tert-OH is 1. The molecule has 82 valence electrons. The first-order valence-electron chi connectivity index (χ1n) is 5.41. The van der Waals surface area contributed by atoms with Gasteiger partial charge in [-0.1, -0.05) is 12.1 Å². The summed E-state index contributed by atoms with van der Waals surface area (Å²) in [5.74, 6) is 0. The third-order valence-electron chi connectivity index (χ3n) is 2.40. The number of rotatable bonds is 4. The molecule has 2 heterocycles. The molecule has 0 radical (unpaired) electrons. The average Bonchev–Trinajstić information content (AvgIpc) is 2.31.